The van der Waals surface area contributed by atoms with E-state index in [4.69, 9.17) is 16.3 Å². The summed E-state index contributed by atoms with van der Waals surface area (Å²) in [5.41, 5.74) is 0. The Morgan fingerprint density at radius 1 is 1.65 bits per heavy atom. The molecule has 1 atom stereocenters. The zero-order valence-electron chi connectivity index (χ0n) is 9.82. The Morgan fingerprint density at radius 3 is 3.12 bits per heavy atom. The zero-order chi connectivity index (χ0) is 12.3. The van der Waals surface area contributed by atoms with Gasteiger partial charge in [0.1, 0.15) is 6.10 Å². The Kier molecular flexibility index (Phi) is 4.56. The summed E-state index contributed by atoms with van der Waals surface area (Å²) in [4.78, 5) is 15.3. The van der Waals surface area contributed by atoms with Gasteiger partial charge in [0.05, 0.1) is 10.9 Å². The second-order valence-electron chi connectivity index (χ2n) is 4.10. The lowest BCUT2D eigenvalue weighted by Gasteiger charge is -2.31. The summed E-state index contributed by atoms with van der Waals surface area (Å²) in [6.45, 7) is 5.36. The molecule has 0 N–H and O–H groups in total. The number of Topliss-reactive ketones (excluding diaryl/α,β-unsaturated/α-hetero) is 1. The first kappa shape index (κ1) is 13.0. The normalized spacial score (nSPS) is 21.6. The van der Waals surface area contributed by atoms with Crippen molar-refractivity contribution in [1.29, 1.82) is 0 Å². The first-order valence-electron chi connectivity index (χ1n) is 5.80. The van der Waals surface area contributed by atoms with Crippen LogP contribution in [0, 0.1) is 0 Å². The van der Waals surface area contributed by atoms with Crippen LogP contribution in [0.2, 0.25) is 4.34 Å². The Labute approximate surface area is 110 Å². The number of carbonyl (C=O) groups is 1. The van der Waals surface area contributed by atoms with Crippen LogP contribution in [0.4, 0.5) is 0 Å². The number of hydrogen-bond donors (Lipinski definition) is 0. The number of ether oxygens (including phenoxy) is 1. The molecule has 1 saturated heterocycles. The van der Waals surface area contributed by atoms with Crippen molar-refractivity contribution in [3.63, 3.8) is 0 Å². The smallest absolute Gasteiger partial charge is 0.168 e. The molecule has 1 aliphatic heterocycles. The van der Waals surface area contributed by atoms with E-state index in [1.807, 2.05) is 12.1 Å². The van der Waals surface area contributed by atoms with E-state index >= 15 is 0 Å². The fourth-order valence-corrected chi connectivity index (χ4v) is 3.01. The summed E-state index contributed by atoms with van der Waals surface area (Å²) >= 11 is 7.31. The minimum absolute atomic E-state index is 0.154. The van der Waals surface area contributed by atoms with Gasteiger partial charge in [-0.25, -0.2) is 0 Å². The van der Waals surface area contributed by atoms with Crippen LogP contribution in [-0.4, -0.2) is 43.0 Å². The third-order valence-electron chi connectivity index (χ3n) is 2.93. The molecule has 94 valence electrons. The second kappa shape index (κ2) is 5.96. The lowest BCUT2D eigenvalue weighted by atomic mass is 10.1. The maximum Gasteiger partial charge on any atom is 0.168 e. The van der Waals surface area contributed by atoms with Crippen molar-refractivity contribution < 1.29 is 9.53 Å². The van der Waals surface area contributed by atoms with Crippen LogP contribution in [0.15, 0.2) is 12.1 Å². The summed E-state index contributed by atoms with van der Waals surface area (Å²) in [5.74, 6) is 0.154. The van der Waals surface area contributed by atoms with Crippen LogP contribution in [0.25, 0.3) is 0 Å². The molecule has 5 heteroatoms. The molecule has 2 heterocycles. The molecular formula is C12H16ClNO2S. The average Bonchev–Trinajstić information content (AvgIpc) is 2.75. The summed E-state index contributed by atoms with van der Waals surface area (Å²) in [5, 5.41) is 0. The number of ketones is 1. The van der Waals surface area contributed by atoms with Crippen LogP contribution < -0.4 is 0 Å². The number of nitrogens with zero attached hydrogens (tertiary/aromatic N) is 1. The second-order valence-corrected chi connectivity index (χ2v) is 5.90. The van der Waals surface area contributed by atoms with Crippen LogP contribution in [0.3, 0.4) is 0 Å². The molecule has 1 unspecified atom stereocenters. The van der Waals surface area contributed by atoms with E-state index in [9.17, 15) is 4.79 Å². The van der Waals surface area contributed by atoms with Gasteiger partial charge in [-0.15, -0.1) is 11.3 Å². The van der Waals surface area contributed by atoms with E-state index in [-0.39, 0.29) is 11.9 Å². The van der Waals surface area contributed by atoms with Gasteiger partial charge in [-0.05, 0) is 18.7 Å². The molecule has 17 heavy (non-hydrogen) atoms. The minimum Gasteiger partial charge on any atom is -0.368 e. The molecule has 0 saturated carbocycles. The lowest BCUT2D eigenvalue weighted by molar-refractivity contribution is -0.135. The van der Waals surface area contributed by atoms with Gasteiger partial charge in [-0.3, -0.25) is 9.69 Å². The van der Waals surface area contributed by atoms with E-state index in [0.717, 1.165) is 22.3 Å². The van der Waals surface area contributed by atoms with Gasteiger partial charge in [-0.2, -0.15) is 0 Å². The third kappa shape index (κ3) is 3.52. The van der Waals surface area contributed by atoms with Gasteiger partial charge in [0.25, 0.3) is 0 Å². The van der Waals surface area contributed by atoms with Gasteiger partial charge in [0.15, 0.2) is 5.78 Å². The molecule has 0 radical (unpaired) electrons. The summed E-state index contributed by atoms with van der Waals surface area (Å²) < 4.78 is 6.26. The van der Waals surface area contributed by atoms with Gasteiger partial charge in [0.2, 0.25) is 0 Å². The van der Waals surface area contributed by atoms with Crippen molar-refractivity contribution >= 4 is 28.7 Å². The molecule has 1 fully saturated rings. The van der Waals surface area contributed by atoms with E-state index < -0.39 is 0 Å². The van der Waals surface area contributed by atoms with Crippen molar-refractivity contribution in [2.75, 3.05) is 26.2 Å². The quantitative estimate of drug-likeness (QED) is 0.843. The van der Waals surface area contributed by atoms with E-state index in [1.165, 1.54) is 11.3 Å². The Morgan fingerprint density at radius 2 is 2.47 bits per heavy atom. The van der Waals surface area contributed by atoms with Gasteiger partial charge in [-0.1, -0.05) is 18.5 Å². The largest absolute Gasteiger partial charge is 0.368 e. The highest BCUT2D eigenvalue weighted by molar-refractivity contribution is 7.16. The average molecular weight is 274 g/mol. The van der Waals surface area contributed by atoms with Crippen molar-refractivity contribution in [3.05, 3.63) is 21.3 Å². The Balaban J connectivity index is 1.91. The number of carbonyl (C=O) groups excluding carboxylic acids is 1. The van der Waals surface area contributed by atoms with Crippen molar-refractivity contribution in [2.45, 2.75) is 19.4 Å². The zero-order valence-corrected chi connectivity index (χ0v) is 11.4. The molecule has 3 nitrogen and oxygen atoms in total. The summed E-state index contributed by atoms with van der Waals surface area (Å²) in [6, 6.07) is 3.74. The molecule has 0 spiro atoms. The number of halogens is 1. The predicted molar refractivity (Wildman–Crippen MR) is 69.9 cm³/mol. The molecule has 0 bridgehead atoms. The lowest BCUT2D eigenvalue weighted by Crippen LogP contribution is -2.46. The predicted octanol–water partition coefficient (Wildman–Crippen LogP) is 2.23. The van der Waals surface area contributed by atoms with Gasteiger partial charge >= 0.3 is 0 Å². The van der Waals surface area contributed by atoms with Crippen molar-refractivity contribution in [1.82, 2.24) is 4.90 Å². The number of likely N-dealkylation sites (N-methyl/N-ethyl adjacent to an activating group) is 1. The van der Waals surface area contributed by atoms with Crippen molar-refractivity contribution in [3.8, 4) is 0 Å². The monoisotopic (exact) mass is 273 g/mol. The molecule has 1 aliphatic rings. The Bertz CT molecular complexity index is 394. The third-order valence-corrected chi connectivity index (χ3v) is 4.17. The minimum atomic E-state index is -0.274. The molecule has 0 aromatic carbocycles. The number of thiophene rings is 1. The van der Waals surface area contributed by atoms with Crippen LogP contribution in [0.1, 0.15) is 11.8 Å². The fourth-order valence-electron chi connectivity index (χ4n) is 1.92. The first-order valence-corrected chi connectivity index (χ1v) is 6.99. The maximum absolute atomic E-state index is 12.1. The van der Waals surface area contributed by atoms with E-state index in [1.54, 1.807) is 0 Å². The summed E-state index contributed by atoms with van der Waals surface area (Å²) in [7, 11) is 0. The highest BCUT2D eigenvalue weighted by Gasteiger charge is 2.25. The first-order chi connectivity index (χ1) is 8.19. The molecule has 1 aromatic heterocycles. The van der Waals surface area contributed by atoms with Gasteiger partial charge in [0, 0.05) is 24.4 Å². The highest BCUT2D eigenvalue weighted by atomic mass is 35.5. The standard InChI is InChI=1S/C12H16ClNO2S/c1-2-14-5-6-16-11(8-14)10(15)7-9-3-4-12(13)17-9/h3-4,11H,2,5-8H2,1H3. The number of morpholine rings is 1. The maximum atomic E-state index is 12.1. The van der Waals surface area contributed by atoms with E-state index in [0.29, 0.717) is 19.6 Å². The molecule has 0 amide bonds. The SMILES string of the molecule is CCN1CCOC(C(=O)Cc2ccc(Cl)s2)C1. The van der Waals surface area contributed by atoms with Crippen LogP contribution in [-0.2, 0) is 16.0 Å². The van der Waals surface area contributed by atoms with Crippen molar-refractivity contribution in [2.24, 2.45) is 0 Å². The highest BCUT2D eigenvalue weighted by Crippen LogP contribution is 2.22. The van der Waals surface area contributed by atoms with E-state index in [2.05, 4.69) is 11.8 Å². The molecule has 0 aliphatic carbocycles. The number of hydrogen-bond acceptors (Lipinski definition) is 4. The molecule has 1 aromatic rings. The summed E-state index contributed by atoms with van der Waals surface area (Å²) in [6.07, 6.45) is 0.157. The van der Waals surface area contributed by atoms with Crippen LogP contribution in [0.5, 0.6) is 0 Å². The topological polar surface area (TPSA) is 29.5 Å². The fraction of sp³-hybridized carbons (Fsp3) is 0.583. The number of rotatable bonds is 4. The Hall–Kier alpha value is -0.420. The molecular weight excluding hydrogens is 258 g/mol. The van der Waals surface area contributed by atoms with Crippen LogP contribution >= 0.6 is 22.9 Å². The van der Waals surface area contributed by atoms with Gasteiger partial charge < -0.3 is 4.74 Å². The molecule has 2 rings (SSSR count).